The molecule has 0 aliphatic carbocycles. The van der Waals surface area contributed by atoms with Crippen molar-refractivity contribution < 1.29 is 8.42 Å². The van der Waals surface area contributed by atoms with Crippen molar-refractivity contribution in [2.45, 2.75) is 11.1 Å². The van der Waals surface area contributed by atoms with Gasteiger partial charge in [-0.2, -0.15) is 0 Å². The molecular weight excluding hydrogens is 366 g/mol. The van der Waals surface area contributed by atoms with Crippen molar-refractivity contribution in [2.24, 2.45) is 0 Å². The molecule has 5 nitrogen and oxygen atoms in total. The molecule has 0 radical (unpaired) electrons. The zero-order valence-corrected chi connectivity index (χ0v) is 16.8. The normalized spacial score (nSPS) is 11.4. The maximum absolute atomic E-state index is 12.9. The lowest BCUT2D eigenvalue weighted by Crippen LogP contribution is -2.25. The van der Waals surface area contributed by atoms with Crippen LogP contribution >= 0.6 is 11.3 Å². The van der Waals surface area contributed by atoms with E-state index in [0.717, 1.165) is 21.8 Å². The van der Waals surface area contributed by atoms with Crippen molar-refractivity contribution in [2.75, 3.05) is 30.3 Å². The Labute approximate surface area is 158 Å². The summed E-state index contributed by atoms with van der Waals surface area (Å²) in [6.07, 6.45) is 1.77. The number of pyridine rings is 1. The maximum atomic E-state index is 12.9. The lowest BCUT2D eigenvalue weighted by molar-refractivity contribution is 0.596. The van der Waals surface area contributed by atoms with Crippen LogP contribution < -0.4 is 9.21 Å². The predicted octanol–water partition coefficient (Wildman–Crippen LogP) is 4.01. The highest BCUT2D eigenvalue weighted by Crippen LogP contribution is 2.33. The van der Waals surface area contributed by atoms with Crippen molar-refractivity contribution >= 4 is 32.9 Å². The van der Waals surface area contributed by atoms with E-state index in [1.54, 1.807) is 19.3 Å². The lowest BCUT2D eigenvalue weighted by atomic mass is 10.2. The molecule has 1 aromatic carbocycles. The fourth-order valence-corrected chi connectivity index (χ4v) is 5.10. The minimum Gasteiger partial charge on any atom is -0.363 e. The summed E-state index contributed by atoms with van der Waals surface area (Å²) in [6.45, 7) is 1.97. The highest BCUT2D eigenvalue weighted by molar-refractivity contribution is 7.94. The minimum absolute atomic E-state index is 0.312. The minimum atomic E-state index is -3.59. The van der Waals surface area contributed by atoms with E-state index in [2.05, 4.69) is 4.98 Å². The molecule has 0 spiro atoms. The van der Waals surface area contributed by atoms with Gasteiger partial charge >= 0.3 is 0 Å². The van der Waals surface area contributed by atoms with Crippen LogP contribution in [-0.2, 0) is 10.0 Å². The second kappa shape index (κ2) is 7.09. The van der Waals surface area contributed by atoms with Gasteiger partial charge in [0.05, 0.1) is 5.69 Å². The highest BCUT2D eigenvalue weighted by atomic mass is 32.2. The maximum Gasteiger partial charge on any atom is 0.273 e. The van der Waals surface area contributed by atoms with Gasteiger partial charge in [0.1, 0.15) is 10.0 Å². The molecule has 0 saturated heterocycles. The fourth-order valence-electron chi connectivity index (χ4n) is 2.44. The molecule has 2 heterocycles. The molecule has 0 N–H and O–H groups in total. The van der Waals surface area contributed by atoms with E-state index in [9.17, 15) is 8.42 Å². The Bertz CT molecular complexity index is 992. The van der Waals surface area contributed by atoms with Gasteiger partial charge in [-0.3, -0.25) is 4.31 Å². The summed E-state index contributed by atoms with van der Waals surface area (Å²) in [5, 5.41) is 0. The third kappa shape index (κ3) is 3.59. The standard InChI is InChI=1S/C19H21N3O2S2/c1-14-5-8-16(9-6-14)22(4)26(23,24)19-12-10-17(25-19)15-7-11-18(20-13-15)21(2)3/h5-13H,1-4H3. The first-order valence-electron chi connectivity index (χ1n) is 8.08. The van der Waals surface area contributed by atoms with Crippen LogP contribution in [0, 0.1) is 6.92 Å². The van der Waals surface area contributed by atoms with Gasteiger partial charge in [-0.15, -0.1) is 11.3 Å². The van der Waals surface area contributed by atoms with Gasteiger partial charge in [0.2, 0.25) is 0 Å². The van der Waals surface area contributed by atoms with Crippen LogP contribution in [0.2, 0.25) is 0 Å². The van der Waals surface area contributed by atoms with Crippen LogP contribution in [0.15, 0.2) is 58.9 Å². The molecule has 26 heavy (non-hydrogen) atoms. The zero-order valence-electron chi connectivity index (χ0n) is 15.2. The number of nitrogens with zero attached hydrogens (tertiary/aromatic N) is 3. The quantitative estimate of drug-likeness (QED) is 0.664. The van der Waals surface area contributed by atoms with E-state index in [1.165, 1.54) is 15.6 Å². The van der Waals surface area contributed by atoms with E-state index in [0.29, 0.717) is 9.90 Å². The Morgan fingerprint density at radius 1 is 0.923 bits per heavy atom. The summed E-state index contributed by atoms with van der Waals surface area (Å²) in [7, 11) is 1.84. The Kier molecular flexibility index (Phi) is 5.02. The first kappa shape index (κ1) is 18.4. The molecule has 0 aliphatic rings. The first-order valence-corrected chi connectivity index (χ1v) is 10.3. The molecule has 0 fully saturated rings. The van der Waals surface area contributed by atoms with E-state index in [4.69, 9.17) is 0 Å². The van der Waals surface area contributed by atoms with Crippen molar-refractivity contribution in [3.05, 3.63) is 60.3 Å². The molecule has 3 aromatic rings. The van der Waals surface area contributed by atoms with Gasteiger partial charge in [0, 0.05) is 37.8 Å². The number of rotatable bonds is 5. The number of thiophene rings is 1. The van der Waals surface area contributed by atoms with E-state index in [-0.39, 0.29) is 0 Å². The van der Waals surface area contributed by atoms with Gasteiger partial charge in [-0.1, -0.05) is 17.7 Å². The average Bonchev–Trinajstić information content (AvgIpc) is 3.13. The molecule has 136 valence electrons. The van der Waals surface area contributed by atoms with Crippen LogP contribution in [0.5, 0.6) is 0 Å². The van der Waals surface area contributed by atoms with E-state index >= 15 is 0 Å². The lowest BCUT2D eigenvalue weighted by Gasteiger charge is -2.18. The number of hydrogen-bond acceptors (Lipinski definition) is 5. The van der Waals surface area contributed by atoms with Gasteiger partial charge < -0.3 is 4.90 Å². The van der Waals surface area contributed by atoms with Crippen LogP contribution in [0.3, 0.4) is 0 Å². The molecule has 0 aliphatic heterocycles. The molecule has 0 unspecified atom stereocenters. The number of sulfonamides is 1. The van der Waals surface area contributed by atoms with Crippen LogP contribution in [-0.4, -0.2) is 34.5 Å². The van der Waals surface area contributed by atoms with Crippen LogP contribution in [0.1, 0.15) is 5.56 Å². The zero-order chi connectivity index (χ0) is 18.9. The monoisotopic (exact) mass is 387 g/mol. The predicted molar refractivity (Wildman–Crippen MR) is 109 cm³/mol. The van der Waals surface area contributed by atoms with Crippen molar-refractivity contribution in [3.8, 4) is 10.4 Å². The topological polar surface area (TPSA) is 53.5 Å². The van der Waals surface area contributed by atoms with Gasteiger partial charge in [-0.25, -0.2) is 13.4 Å². The van der Waals surface area contributed by atoms with E-state index in [1.807, 2.05) is 68.4 Å². The second-order valence-corrected chi connectivity index (χ2v) is 9.51. The number of aryl methyl sites for hydroxylation is 1. The fraction of sp³-hybridized carbons (Fsp3) is 0.211. The third-order valence-corrected chi connectivity index (χ3v) is 7.47. The molecule has 0 atom stereocenters. The number of aromatic nitrogens is 1. The van der Waals surface area contributed by atoms with E-state index < -0.39 is 10.0 Å². The van der Waals surface area contributed by atoms with Crippen LogP contribution in [0.25, 0.3) is 10.4 Å². The molecule has 0 bridgehead atoms. The van der Waals surface area contributed by atoms with Crippen LogP contribution in [0.4, 0.5) is 11.5 Å². The van der Waals surface area contributed by atoms with Crippen molar-refractivity contribution in [1.29, 1.82) is 0 Å². The molecular formula is C19H21N3O2S2. The summed E-state index contributed by atoms with van der Waals surface area (Å²) in [4.78, 5) is 7.18. The Morgan fingerprint density at radius 3 is 2.19 bits per heavy atom. The molecule has 7 heteroatoms. The first-order chi connectivity index (χ1) is 12.3. The summed E-state index contributed by atoms with van der Waals surface area (Å²) >= 11 is 1.25. The highest BCUT2D eigenvalue weighted by Gasteiger charge is 2.23. The summed E-state index contributed by atoms with van der Waals surface area (Å²) in [5.41, 5.74) is 2.63. The Morgan fingerprint density at radius 2 is 1.62 bits per heavy atom. The Balaban J connectivity index is 1.89. The number of hydrogen-bond donors (Lipinski definition) is 0. The number of anilines is 2. The summed E-state index contributed by atoms with van der Waals surface area (Å²) in [6, 6.07) is 14.8. The smallest absolute Gasteiger partial charge is 0.273 e. The summed E-state index contributed by atoms with van der Waals surface area (Å²) < 4.78 is 27.5. The average molecular weight is 388 g/mol. The van der Waals surface area contributed by atoms with Gasteiger partial charge in [0.25, 0.3) is 10.0 Å². The molecule has 0 amide bonds. The van der Waals surface area contributed by atoms with Crippen molar-refractivity contribution in [3.63, 3.8) is 0 Å². The summed E-state index contributed by atoms with van der Waals surface area (Å²) in [5.74, 6) is 0.859. The molecule has 2 aromatic heterocycles. The SMILES string of the molecule is Cc1ccc(N(C)S(=O)(=O)c2ccc(-c3ccc(N(C)C)nc3)s2)cc1. The Hall–Kier alpha value is -2.38. The second-order valence-electron chi connectivity index (χ2n) is 6.23. The molecule has 3 rings (SSSR count). The van der Waals surface area contributed by atoms with Gasteiger partial charge in [0.15, 0.2) is 0 Å². The molecule has 0 saturated carbocycles. The third-order valence-electron chi connectivity index (χ3n) is 4.08. The van der Waals surface area contributed by atoms with Crippen molar-refractivity contribution in [1.82, 2.24) is 4.98 Å². The van der Waals surface area contributed by atoms with Gasteiger partial charge in [-0.05, 0) is 43.3 Å². The largest absolute Gasteiger partial charge is 0.363 e. The number of benzene rings is 1.